The molecule has 0 saturated carbocycles. The maximum atomic E-state index is 13.8. The van der Waals surface area contributed by atoms with Gasteiger partial charge in [-0.3, -0.25) is 23.7 Å². The molecule has 6 rings (SSSR count). The molecular formula is C28H19ClFN3O5S2. The zero-order valence-electron chi connectivity index (χ0n) is 20.4. The lowest BCUT2D eigenvalue weighted by Crippen LogP contribution is -2.33. The van der Waals surface area contributed by atoms with Gasteiger partial charge in [-0.2, -0.15) is 0 Å². The SMILES string of the molecule is O=C(Cn1c2c(sc1=O)C(c1ccc(Cl)cc1)C1C(=O)N(c3ccc(F)cc3)C(=O)C1S2)Nc1ccc(O)cc1. The number of amides is 3. The summed E-state index contributed by atoms with van der Waals surface area (Å²) in [5.74, 6) is -3.31. The van der Waals surface area contributed by atoms with Gasteiger partial charge in [-0.15, -0.1) is 0 Å². The van der Waals surface area contributed by atoms with Crippen LogP contribution in [0.25, 0.3) is 0 Å². The predicted octanol–water partition coefficient (Wildman–Crippen LogP) is 4.84. The fourth-order valence-electron chi connectivity index (χ4n) is 5.02. The summed E-state index contributed by atoms with van der Waals surface area (Å²) in [5, 5.41) is 12.2. The van der Waals surface area contributed by atoms with E-state index in [2.05, 4.69) is 5.32 Å². The Balaban J connectivity index is 1.40. The predicted molar refractivity (Wildman–Crippen MR) is 151 cm³/mol. The Morgan fingerprint density at radius 3 is 2.30 bits per heavy atom. The van der Waals surface area contributed by atoms with Crippen LogP contribution in [0.15, 0.2) is 82.6 Å². The van der Waals surface area contributed by atoms with Crippen LogP contribution in [-0.2, 0) is 20.9 Å². The summed E-state index contributed by atoms with van der Waals surface area (Å²) in [6.45, 7) is -0.312. The van der Waals surface area contributed by atoms with Crippen molar-refractivity contribution < 1.29 is 23.9 Å². The number of imide groups is 1. The number of rotatable bonds is 5. The van der Waals surface area contributed by atoms with Gasteiger partial charge < -0.3 is 10.4 Å². The van der Waals surface area contributed by atoms with E-state index in [1.54, 1.807) is 24.3 Å². The molecule has 1 saturated heterocycles. The van der Waals surface area contributed by atoms with E-state index in [0.717, 1.165) is 28.0 Å². The molecule has 2 N–H and O–H groups in total. The molecule has 3 aromatic carbocycles. The van der Waals surface area contributed by atoms with Crippen molar-refractivity contribution >= 4 is 63.8 Å². The standard InChI is InChI=1S/C28H19ClFN3O5S2/c29-15-3-1-14(2-4-15)21-22-23(26(37)33(25(22)36)18-9-5-16(30)6-10-18)39-27-24(21)40-28(38)32(27)13-20(35)31-17-7-11-19(34)12-8-17/h1-12,21-23,34H,13H2,(H,31,35). The van der Waals surface area contributed by atoms with Crippen LogP contribution < -0.4 is 15.1 Å². The minimum absolute atomic E-state index is 0.0470. The highest BCUT2D eigenvalue weighted by Crippen LogP contribution is 2.53. The van der Waals surface area contributed by atoms with E-state index < -0.39 is 45.5 Å². The molecule has 12 heteroatoms. The quantitative estimate of drug-likeness (QED) is 0.252. The molecule has 8 nitrogen and oxygen atoms in total. The number of thiazole rings is 1. The minimum Gasteiger partial charge on any atom is -0.508 e. The lowest BCUT2D eigenvalue weighted by atomic mass is 9.83. The van der Waals surface area contributed by atoms with Crippen LogP contribution in [0.5, 0.6) is 5.75 Å². The first kappa shape index (κ1) is 26.3. The van der Waals surface area contributed by atoms with Crippen molar-refractivity contribution in [3.63, 3.8) is 0 Å². The number of carbonyl (C=O) groups excluding carboxylic acids is 3. The largest absolute Gasteiger partial charge is 0.508 e. The first-order valence-corrected chi connectivity index (χ1v) is 14.2. The Labute approximate surface area is 240 Å². The van der Waals surface area contributed by atoms with E-state index in [1.807, 2.05) is 0 Å². The molecule has 0 radical (unpaired) electrons. The molecule has 3 heterocycles. The van der Waals surface area contributed by atoms with Gasteiger partial charge in [0.05, 0.1) is 16.6 Å². The van der Waals surface area contributed by atoms with Crippen molar-refractivity contribution in [1.29, 1.82) is 0 Å². The summed E-state index contributed by atoms with van der Waals surface area (Å²) in [5.41, 5.74) is 1.40. The molecule has 202 valence electrons. The zero-order valence-corrected chi connectivity index (χ0v) is 22.8. The fourth-order valence-corrected chi connectivity index (χ4v) is 7.92. The molecule has 0 bridgehead atoms. The van der Waals surface area contributed by atoms with E-state index in [4.69, 9.17) is 11.6 Å². The van der Waals surface area contributed by atoms with Gasteiger partial charge in [-0.25, -0.2) is 9.29 Å². The monoisotopic (exact) mass is 595 g/mol. The minimum atomic E-state index is -0.869. The smallest absolute Gasteiger partial charge is 0.308 e. The second-order valence-corrected chi connectivity index (χ2v) is 11.9. The molecule has 3 atom stereocenters. The molecule has 1 aromatic heterocycles. The number of aromatic hydroxyl groups is 1. The number of benzene rings is 3. The summed E-state index contributed by atoms with van der Waals surface area (Å²) in [6.07, 6.45) is 0. The van der Waals surface area contributed by atoms with Crippen LogP contribution in [0.3, 0.4) is 0 Å². The maximum Gasteiger partial charge on any atom is 0.308 e. The van der Waals surface area contributed by atoms with Gasteiger partial charge in [0.1, 0.15) is 23.4 Å². The Morgan fingerprint density at radius 1 is 0.950 bits per heavy atom. The third-order valence-corrected chi connectivity index (χ3v) is 9.67. The second kappa shape index (κ2) is 10.2. The van der Waals surface area contributed by atoms with Crippen molar-refractivity contribution in [3.05, 3.63) is 104 Å². The lowest BCUT2D eigenvalue weighted by molar-refractivity contribution is -0.122. The van der Waals surface area contributed by atoms with Crippen LogP contribution in [-0.4, -0.2) is 32.6 Å². The van der Waals surface area contributed by atoms with Gasteiger partial charge in [0.25, 0.3) is 0 Å². The number of aromatic nitrogens is 1. The molecule has 2 aliphatic heterocycles. The molecule has 4 aromatic rings. The summed E-state index contributed by atoms with van der Waals surface area (Å²) in [6, 6.07) is 17.9. The topological polar surface area (TPSA) is 109 Å². The Bertz CT molecular complexity index is 1700. The second-order valence-electron chi connectivity index (χ2n) is 9.30. The highest BCUT2D eigenvalue weighted by atomic mass is 35.5. The van der Waals surface area contributed by atoms with Gasteiger partial charge >= 0.3 is 4.87 Å². The van der Waals surface area contributed by atoms with Gasteiger partial charge in [0.2, 0.25) is 17.7 Å². The number of hydrogen-bond donors (Lipinski definition) is 2. The average Bonchev–Trinajstić information content (AvgIpc) is 3.37. The number of carbonyl (C=O) groups is 3. The van der Waals surface area contributed by atoms with E-state index >= 15 is 0 Å². The van der Waals surface area contributed by atoms with Gasteiger partial charge in [0, 0.05) is 21.5 Å². The van der Waals surface area contributed by atoms with Gasteiger partial charge in [-0.05, 0) is 66.2 Å². The van der Waals surface area contributed by atoms with Crippen molar-refractivity contribution in [1.82, 2.24) is 4.57 Å². The fraction of sp³-hybridized carbons (Fsp3) is 0.143. The number of phenolic OH excluding ortho intramolecular Hbond substituents is 1. The summed E-state index contributed by atoms with van der Waals surface area (Å²) >= 11 is 8.14. The molecule has 0 spiro atoms. The summed E-state index contributed by atoms with van der Waals surface area (Å²) in [4.78, 5) is 54.8. The van der Waals surface area contributed by atoms with Crippen LogP contribution in [0.2, 0.25) is 5.02 Å². The van der Waals surface area contributed by atoms with E-state index in [0.29, 0.717) is 26.2 Å². The van der Waals surface area contributed by atoms with Crippen molar-refractivity contribution in [2.24, 2.45) is 5.92 Å². The molecule has 1 fully saturated rings. The lowest BCUT2D eigenvalue weighted by Gasteiger charge is -2.30. The first-order chi connectivity index (χ1) is 19.2. The van der Waals surface area contributed by atoms with E-state index in [1.165, 1.54) is 53.1 Å². The maximum absolute atomic E-state index is 13.8. The molecule has 2 aliphatic rings. The first-order valence-electron chi connectivity index (χ1n) is 12.1. The van der Waals surface area contributed by atoms with Crippen LogP contribution in [0.4, 0.5) is 15.8 Å². The molecular weight excluding hydrogens is 577 g/mol. The molecule has 40 heavy (non-hydrogen) atoms. The highest BCUT2D eigenvalue weighted by molar-refractivity contribution is 8.00. The number of fused-ring (bicyclic) bond motifs is 2. The van der Waals surface area contributed by atoms with Crippen LogP contribution >= 0.6 is 34.7 Å². The number of nitrogens with one attached hydrogen (secondary N) is 1. The Kier molecular flexibility index (Phi) is 6.73. The third-order valence-electron chi connectivity index (χ3n) is 6.82. The Morgan fingerprint density at radius 2 is 1.62 bits per heavy atom. The number of phenols is 1. The summed E-state index contributed by atoms with van der Waals surface area (Å²) in [7, 11) is 0. The van der Waals surface area contributed by atoms with Crippen molar-refractivity contribution in [2.45, 2.75) is 22.7 Å². The summed E-state index contributed by atoms with van der Waals surface area (Å²) < 4.78 is 14.9. The normalized spacial score (nSPS) is 19.9. The third kappa shape index (κ3) is 4.59. The van der Waals surface area contributed by atoms with E-state index in [9.17, 15) is 28.7 Å². The number of hydrogen-bond acceptors (Lipinski definition) is 7. The number of thioether (sulfide) groups is 1. The van der Waals surface area contributed by atoms with Crippen LogP contribution in [0, 0.1) is 11.7 Å². The molecule has 3 amide bonds. The van der Waals surface area contributed by atoms with E-state index in [-0.39, 0.29) is 18.0 Å². The molecule has 0 aliphatic carbocycles. The zero-order chi connectivity index (χ0) is 28.1. The number of anilines is 2. The van der Waals surface area contributed by atoms with Gasteiger partial charge in [-0.1, -0.05) is 46.8 Å². The molecule has 3 unspecified atom stereocenters. The van der Waals surface area contributed by atoms with Gasteiger partial charge in [0.15, 0.2) is 0 Å². The van der Waals surface area contributed by atoms with Crippen LogP contribution in [0.1, 0.15) is 16.4 Å². The van der Waals surface area contributed by atoms with Crippen molar-refractivity contribution in [3.8, 4) is 5.75 Å². The van der Waals surface area contributed by atoms with Crippen molar-refractivity contribution in [2.75, 3.05) is 10.2 Å². The number of nitrogens with zero attached hydrogens (tertiary/aromatic N) is 2. The number of halogens is 2. The highest BCUT2D eigenvalue weighted by Gasteiger charge is 2.56. The average molecular weight is 596 g/mol. The Hall–Kier alpha value is -3.93.